The first-order valence-corrected chi connectivity index (χ1v) is 11.2. The molecule has 30 heavy (non-hydrogen) atoms. The summed E-state index contributed by atoms with van der Waals surface area (Å²) in [6, 6.07) is 16.5. The first-order valence-electron chi connectivity index (χ1n) is 9.40. The number of ether oxygens (including phenoxy) is 1. The van der Waals surface area contributed by atoms with Crippen molar-refractivity contribution >= 4 is 38.9 Å². The van der Waals surface area contributed by atoms with Crippen LogP contribution in [0.1, 0.15) is 22.8 Å². The molecule has 2 aliphatic heterocycles. The number of anilines is 2. The van der Waals surface area contributed by atoms with E-state index in [4.69, 9.17) is 16.3 Å². The van der Waals surface area contributed by atoms with Crippen LogP contribution in [0.4, 0.5) is 11.4 Å². The minimum absolute atomic E-state index is 0.0348. The Kier molecular flexibility index (Phi) is 4.27. The molecule has 0 saturated heterocycles. The number of halogens is 1. The molecule has 0 radical (unpaired) electrons. The van der Waals surface area contributed by atoms with Crippen LogP contribution >= 0.6 is 11.6 Å². The van der Waals surface area contributed by atoms with Crippen LogP contribution in [0.25, 0.3) is 0 Å². The molecule has 0 spiro atoms. The van der Waals surface area contributed by atoms with Crippen LogP contribution in [0.3, 0.4) is 0 Å². The predicted molar refractivity (Wildman–Crippen MR) is 115 cm³/mol. The number of rotatable bonds is 2. The van der Waals surface area contributed by atoms with Crippen molar-refractivity contribution in [2.24, 2.45) is 0 Å². The Morgan fingerprint density at radius 1 is 1.07 bits per heavy atom. The number of para-hydroxylation sites is 1. The number of hydrogen-bond donors (Lipinski definition) is 1. The SMILES string of the molecule is CC1Cc2ccccc2N1S(=O)(=O)c1ccc2c(c1)C(=O)Nc1cc(Cl)ccc1O2. The molecular weight excluding hydrogens is 424 g/mol. The van der Waals surface area contributed by atoms with Gasteiger partial charge in [-0.25, -0.2) is 8.42 Å². The summed E-state index contributed by atoms with van der Waals surface area (Å²) in [6.07, 6.45) is 0.639. The summed E-state index contributed by atoms with van der Waals surface area (Å²) in [5.74, 6) is 0.254. The average Bonchev–Trinajstić information content (AvgIpc) is 2.99. The van der Waals surface area contributed by atoms with Crippen molar-refractivity contribution in [3.63, 3.8) is 0 Å². The second kappa shape index (κ2) is 6.75. The summed E-state index contributed by atoms with van der Waals surface area (Å²) in [4.78, 5) is 12.8. The van der Waals surface area contributed by atoms with Crippen molar-refractivity contribution in [1.29, 1.82) is 0 Å². The third-order valence-electron chi connectivity index (χ3n) is 5.31. The summed E-state index contributed by atoms with van der Waals surface area (Å²) in [5, 5.41) is 3.19. The highest BCUT2D eigenvalue weighted by Gasteiger charge is 2.36. The second-order valence-electron chi connectivity index (χ2n) is 7.34. The van der Waals surface area contributed by atoms with Crippen LogP contribution in [0.15, 0.2) is 65.6 Å². The number of fused-ring (bicyclic) bond motifs is 3. The van der Waals surface area contributed by atoms with Crippen LogP contribution in [0, 0.1) is 0 Å². The highest BCUT2D eigenvalue weighted by molar-refractivity contribution is 7.92. The third kappa shape index (κ3) is 2.93. The molecule has 0 fully saturated rings. The van der Waals surface area contributed by atoms with E-state index in [-0.39, 0.29) is 22.3 Å². The molecule has 2 aliphatic rings. The third-order valence-corrected chi connectivity index (χ3v) is 7.47. The fourth-order valence-electron chi connectivity index (χ4n) is 3.95. The van der Waals surface area contributed by atoms with Gasteiger partial charge in [0, 0.05) is 11.1 Å². The highest BCUT2D eigenvalue weighted by Crippen LogP contribution is 2.40. The van der Waals surface area contributed by atoms with Gasteiger partial charge in [0.1, 0.15) is 5.75 Å². The fraction of sp³-hybridized carbons (Fsp3) is 0.136. The molecule has 152 valence electrons. The maximum absolute atomic E-state index is 13.5. The minimum Gasteiger partial charge on any atom is -0.454 e. The number of nitrogens with one attached hydrogen (secondary N) is 1. The van der Waals surface area contributed by atoms with Crippen molar-refractivity contribution in [3.05, 3.63) is 76.8 Å². The van der Waals surface area contributed by atoms with Gasteiger partial charge in [-0.05, 0) is 61.4 Å². The maximum atomic E-state index is 13.5. The molecule has 0 bridgehead atoms. The molecule has 3 aromatic rings. The molecule has 2 heterocycles. The van der Waals surface area contributed by atoms with E-state index in [0.717, 1.165) is 5.56 Å². The van der Waals surface area contributed by atoms with Crippen LogP contribution in [-0.4, -0.2) is 20.4 Å². The van der Waals surface area contributed by atoms with Crippen LogP contribution < -0.4 is 14.4 Å². The summed E-state index contributed by atoms with van der Waals surface area (Å²) >= 11 is 6.01. The van der Waals surface area contributed by atoms with E-state index in [9.17, 15) is 13.2 Å². The number of nitrogens with zero attached hydrogens (tertiary/aromatic N) is 1. The number of carbonyl (C=O) groups is 1. The number of carbonyl (C=O) groups excluding carboxylic acids is 1. The fourth-order valence-corrected chi connectivity index (χ4v) is 5.84. The largest absolute Gasteiger partial charge is 0.454 e. The zero-order chi connectivity index (χ0) is 21.0. The van der Waals surface area contributed by atoms with Gasteiger partial charge < -0.3 is 10.1 Å². The van der Waals surface area contributed by atoms with Gasteiger partial charge in [0.2, 0.25) is 0 Å². The van der Waals surface area contributed by atoms with Gasteiger partial charge in [0.25, 0.3) is 15.9 Å². The molecular formula is C22H17ClN2O4S. The monoisotopic (exact) mass is 440 g/mol. The molecule has 1 N–H and O–H groups in total. The average molecular weight is 441 g/mol. The van der Waals surface area contributed by atoms with Gasteiger partial charge in [0.05, 0.1) is 21.8 Å². The first-order chi connectivity index (χ1) is 14.3. The minimum atomic E-state index is -3.87. The van der Waals surface area contributed by atoms with Gasteiger partial charge >= 0.3 is 0 Å². The van der Waals surface area contributed by atoms with Crippen molar-refractivity contribution < 1.29 is 17.9 Å². The van der Waals surface area contributed by atoms with E-state index >= 15 is 0 Å². The molecule has 6 nitrogen and oxygen atoms in total. The van der Waals surface area contributed by atoms with E-state index in [1.807, 2.05) is 25.1 Å². The summed E-state index contributed by atoms with van der Waals surface area (Å²) < 4.78 is 34.2. The lowest BCUT2D eigenvalue weighted by molar-refractivity contribution is 0.102. The molecule has 3 aromatic carbocycles. The molecule has 1 amide bonds. The van der Waals surface area contributed by atoms with Gasteiger partial charge in [-0.15, -0.1) is 0 Å². The number of sulfonamides is 1. The molecule has 0 saturated carbocycles. The lowest BCUT2D eigenvalue weighted by Gasteiger charge is -2.24. The molecule has 5 rings (SSSR count). The van der Waals surface area contributed by atoms with E-state index in [1.165, 1.54) is 22.5 Å². The normalized spacial score (nSPS) is 17.3. The zero-order valence-corrected chi connectivity index (χ0v) is 17.5. The van der Waals surface area contributed by atoms with Crippen LogP contribution in [0.5, 0.6) is 11.5 Å². The lowest BCUT2D eigenvalue weighted by Crippen LogP contribution is -2.35. The van der Waals surface area contributed by atoms with Gasteiger partial charge in [-0.3, -0.25) is 9.10 Å². The summed E-state index contributed by atoms with van der Waals surface area (Å²) in [7, 11) is -3.87. The quantitative estimate of drug-likeness (QED) is 0.618. The predicted octanol–water partition coefficient (Wildman–Crippen LogP) is 4.84. The van der Waals surface area contributed by atoms with Crippen molar-refractivity contribution in [2.45, 2.75) is 24.3 Å². The Balaban J connectivity index is 1.58. The zero-order valence-electron chi connectivity index (χ0n) is 15.9. The van der Waals surface area contributed by atoms with E-state index in [0.29, 0.717) is 28.6 Å². The Hall–Kier alpha value is -3.03. The van der Waals surface area contributed by atoms with Crippen molar-refractivity contribution in [2.75, 3.05) is 9.62 Å². The second-order valence-corrected chi connectivity index (χ2v) is 9.59. The molecule has 0 aromatic heterocycles. The standard InChI is InChI=1S/C22H17ClN2O4S/c1-13-10-14-4-2-3-5-19(14)25(13)30(27,28)16-7-9-20-17(12-16)22(26)24-18-11-15(23)6-8-21(18)29-20/h2-9,11-13H,10H2,1H3,(H,24,26). The maximum Gasteiger partial charge on any atom is 0.264 e. The molecule has 1 unspecified atom stereocenters. The van der Waals surface area contributed by atoms with E-state index < -0.39 is 15.9 Å². The number of amides is 1. The Labute approximate surface area is 179 Å². The smallest absolute Gasteiger partial charge is 0.264 e. The molecule has 1 atom stereocenters. The highest BCUT2D eigenvalue weighted by atomic mass is 35.5. The Morgan fingerprint density at radius 2 is 1.83 bits per heavy atom. The van der Waals surface area contributed by atoms with E-state index in [1.54, 1.807) is 24.3 Å². The van der Waals surface area contributed by atoms with Crippen LogP contribution in [-0.2, 0) is 16.4 Å². The van der Waals surface area contributed by atoms with E-state index in [2.05, 4.69) is 5.32 Å². The Bertz CT molecular complexity index is 1310. The lowest BCUT2D eigenvalue weighted by atomic mass is 10.1. The number of hydrogen-bond acceptors (Lipinski definition) is 4. The van der Waals surface area contributed by atoms with Gasteiger partial charge in [0.15, 0.2) is 5.75 Å². The van der Waals surface area contributed by atoms with Crippen molar-refractivity contribution in [3.8, 4) is 11.5 Å². The topological polar surface area (TPSA) is 75.7 Å². The molecule has 0 aliphatic carbocycles. The van der Waals surface area contributed by atoms with Crippen molar-refractivity contribution in [1.82, 2.24) is 0 Å². The van der Waals surface area contributed by atoms with Crippen LogP contribution in [0.2, 0.25) is 5.02 Å². The van der Waals surface area contributed by atoms with Gasteiger partial charge in [-0.2, -0.15) is 0 Å². The Morgan fingerprint density at radius 3 is 2.67 bits per heavy atom. The summed E-state index contributed by atoms with van der Waals surface area (Å²) in [6.45, 7) is 1.87. The first kappa shape index (κ1) is 19.0. The number of benzene rings is 3. The van der Waals surface area contributed by atoms with Gasteiger partial charge in [-0.1, -0.05) is 29.8 Å². The summed E-state index contributed by atoms with van der Waals surface area (Å²) in [5.41, 5.74) is 2.22. The molecule has 8 heteroatoms.